The van der Waals surface area contributed by atoms with Gasteiger partial charge in [-0.05, 0) is 43.9 Å². The molecule has 144 valence electrons. The normalized spacial score (nSPS) is 16.9. The predicted octanol–water partition coefficient (Wildman–Crippen LogP) is 3.96. The lowest BCUT2D eigenvalue weighted by Crippen LogP contribution is -2.40. The van der Waals surface area contributed by atoms with Crippen LogP contribution in [0.1, 0.15) is 51.8 Å². The second-order valence-electron chi connectivity index (χ2n) is 7.63. The summed E-state index contributed by atoms with van der Waals surface area (Å²) in [6, 6.07) is 12.4. The van der Waals surface area contributed by atoms with Crippen LogP contribution in [-0.4, -0.2) is 38.4 Å². The van der Waals surface area contributed by atoms with Crippen molar-refractivity contribution in [1.29, 1.82) is 0 Å². The second-order valence-corrected chi connectivity index (χ2v) is 7.63. The Morgan fingerprint density at radius 2 is 2.00 bits per heavy atom. The van der Waals surface area contributed by atoms with Crippen LogP contribution in [-0.2, 0) is 6.54 Å². The first-order valence-electron chi connectivity index (χ1n) is 9.89. The number of benzene rings is 1. The van der Waals surface area contributed by atoms with Gasteiger partial charge in [0.05, 0.1) is 5.56 Å². The number of aromatic nitrogens is 3. The Labute approximate surface area is 166 Å². The first-order valence-corrected chi connectivity index (χ1v) is 9.89. The molecule has 5 nitrogen and oxygen atoms in total. The Bertz CT molecular complexity index is 964. The first-order chi connectivity index (χ1) is 13.6. The van der Waals surface area contributed by atoms with Crippen molar-refractivity contribution in [2.45, 2.75) is 39.2 Å². The maximum atomic E-state index is 13.1. The van der Waals surface area contributed by atoms with Gasteiger partial charge in [0.25, 0.3) is 5.91 Å². The molecule has 0 aliphatic carbocycles. The summed E-state index contributed by atoms with van der Waals surface area (Å²) in [5, 5.41) is 0. The zero-order valence-electron chi connectivity index (χ0n) is 16.5. The molecule has 28 heavy (non-hydrogen) atoms. The Morgan fingerprint density at radius 1 is 1.18 bits per heavy atom. The summed E-state index contributed by atoms with van der Waals surface area (Å²) in [4.78, 5) is 24.0. The number of rotatable bonds is 4. The highest BCUT2D eigenvalue weighted by Gasteiger charge is 2.28. The molecule has 3 aromatic rings. The van der Waals surface area contributed by atoms with Gasteiger partial charge in [0.1, 0.15) is 5.82 Å². The number of hydrogen-bond acceptors (Lipinski definition) is 3. The van der Waals surface area contributed by atoms with E-state index >= 15 is 0 Å². The smallest absolute Gasteiger partial charge is 0.255 e. The molecule has 0 saturated carbocycles. The number of pyridine rings is 1. The van der Waals surface area contributed by atoms with Gasteiger partial charge in [-0.1, -0.05) is 30.3 Å². The van der Waals surface area contributed by atoms with Gasteiger partial charge in [0.2, 0.25) is 0 Å². The maximum Gasteiger partial charge on any atom is 0.255 e. The van der Waals surface area contributed by atoms with Gasteiger partial charge in [-0.2, -0.15) is 0 Å². The molecular weight excluding hydrogens is 348 g/mol. The first kappa shape index (κ1) is 18.4. The van der Waals surface area contributed by atoms with E-state index in [1.807, 2.05) is 43.3 Å². The lowest BCUT2D eigenvalue weighted by atomic mass is 9.96. The summed E-state index contributed by atoms with van der Waals surface area (Å²) < 4.78 is 2.21. The van der Waals surface area contributed by atoms with Crippen LogP contribution >= 0.6 is 0 Å². The maximum absolute atomic E-state index is 13.1. The van der Waals surface area contributed by atoms with Crippen LogP contribution in [0, 0.1) is 13.8 Å². The molecule has 0 spiro atoms. The predicted molar refractivity (Wildman–Crippen MR) is 109 cm³/mol. The van der Waals surface area contributed by atoms with Crippen LogP contribution in [0.5, 0.6) is 0 Å². The van der Waals surface area contributed by atoms with E-state index in [4.69, 9.17) is 0 Å². The largest absolute Gasteiger partial charge is 0.338 e. The quantitative estimate of drug-likeness (QED) is 0.694. The molecule has 1 aromatic carbocycles. The third kappa shape index (κ3) is 3.84. The van der Waals surface area contributed by atoms with Crippen molar-refractivity contribution in [3.05, 3.63) is 83.2 Å². The van der Waals surface area contributed by atoms with Gasteiger partial charge in [0.15, 0.2) is 0 Å². The Hall–Kier alpha value is -2.95. The second kappa shape index (κ2) is 7.97. The molecular formula is C23H26N4O. The molecule has 4 rings (SSSR count). The fraction of sp³-hybridized carbons (Fsp3) is 0.348. The van der Waals surface area contributed by atoms with Crippen molar-refractivity contribution in [3.63, 3.8) is 0 Å². The van der Waals surface area contributed by atoms with E-state index in [1.54, 1.807) is 6.20 Å². The highest BCUT2D eigenvalue weighted by molar-refractivity contribution is 5.95. The molecule has 1 fully saturated rings. The van der Waals surface area contributed by atoms with Crippen LogP contribution in [0.3, 0.4) is 0 Å². The van der Waals surface area contributed by atoms with Gasteiger partial charge in [0, 0.05) is 49.8 Å². The zero-order valence-corrected chi connectivity index (χ0v) is 16.5. The number of likely N-dealkylation sites (tertiary alicyclic amines) is 1. The van der Waals surface area contributed by atoms with Crippen molar-refractivity contribution >= 4 is 5.91 Å². The molecule has 0 radical (unpaired) electrons. The lowest BCUT2D eigenvalue weighted by molar-refractivity contribution is 0.0702. The average Bonchev–Trinajstić information content (AvgIpc) is 3.16. The van der Waals surface area contributed by atoms with Crippen LogP contribution in [0.4, 0.5) is 0 Å². The van der Waals surface area contributed by atoms with E-state index in [1.165, 1.54) is 5.56 Å². The fourth-order valence-electron chi connectivity index (χ4n) is 4.06. The van der Waals surface area contributed by atoms with E-state index in [0.29, 0.717) is 12.1 Å². The molecule has 1 aliphatic rings. The van der Waals surface area contributed by atoms with Gasteiger partial charge in [-0.25, -0.2) is 4.98 Å². The number of aryl methyl sites for hydroxylation is 2. The molecule has 0 unspecified atom stereocenters. The minimum absolute atomic E-state index is 0.0795. The Morgan fingerprint density at radius 3 is 2.79 bits per heavy atom. The van der Waals surface area contributed by atoms with Crippen LogP contribution in [0.25, 0.3) is 0 Å². The van der Waals surface area contributed by atoms with Crippen LogP contribution < -0.4 is 0 Å². The van der Waals surface area contributed by atoms with Crippen molar-refractivity contribution in [2.75, 3.05) is 13.1 Å². The van der Waals surface area contributed by atoms with Crippen molar-refractivity contribution in [1.82, 2.24) is 19.4 Å². The molecule has 0 bridgehead atoms. The van der Waals surface area contributed by atoms with Crippen molar-refractivity contribution < 1.29 is 4.79 Å². The summed E-state index contributed by atoms with van der Waals surface area (Å²) in [5.74, 6) is 1.41. The average molecular weight is 374 g/mol. The standard InChI is InChI=1S/C23H26N4O/c1-17-13-18(2)25-14-21(17)23(28)27-11-6-9-20(16-27)22-24-10-12-26(22)15-19-7-4-3-5-8-19/h3-5,7-8,10,12-14,20H,6,9,11,15-16H2,1-2H3/t20-/m0/s1. The third-order valence-corrected chi connectivity index (χ3v) is 5.50. The van der Waals surface area contributed by atoms with Crippen molar-refractivity contribution in [3.8, 4) is 0 Å². The number of nitrogens with zero attached hydrogens (tertiary/aromatic N) is 4. The number of piperidine rings is 1. The fourth-order valence-corrected chi connectivity index (χ4v) is 4.06. The third-order valence-electron chi connectivity index (χ3n) is 5.50. The molecule has 2 aromatic heterocycles. The van der Waals surface area contributed by atoms with E-state index in [2.05, 4.69) is 38.8 Å². The number of amides is 1. The van der Waals surface area contributed by atoms with Crippen molar-refractivity contribution in [2.24, 2.45) is 0 Å². The summed E-state index contributed by atoms with van der Waals surface area (Å²) in [6.07, 6.45) is 7.67. The van der Waals surface area contributed by atoms with E-state index in [-0.39, 0.29) is 11.8 Å². The van der Waals surface area contributed by atoms with Gasteiger partial charge >= 0.3 is 0 Å². The SMILES string of the molecule is Cc1cc(C)c(C(=O)N2CCC[C@H](c3nccn3Cc3ccccc3)C2)cn1. The highest BCUT2D eigenvalue weighted by Crippen LogP contribution is 2.27. The van der Waals surface area contributed by atoms with E-state index in [0.717, 1.165) is 43.0 Å². The molecule has 3 heterocycles. The van der Waals surface area contributed by atoms with Gasteiger partial charge in [-0.15, -0.1) is 0 Å². The van der Waals surface area contributed by atoms with E-state index < -0.39 is 0 Å². The van der Waals surface area contributed by atoms with Crippen LogP contribution in [0.2, 0.25) is 0 Å². The molecule has 1 atom stereocenters. The summed E-state index contributed by atoms with van der Waals surface area (Å²) in [7, 11) is 0. The summed E-state index contributed by atoms with van der Waals surface area (Å²) >= 11 is 0. The molecule has 1 amide bonds. The monoisotopic (exact) mass is 374 g/mol. The molecule has 0 N–H and O–H groups in total. The molecule has 1 saturated heterocycles. The Balaban J connectivity index is 1.52. The molecule has 1 aliphatic heterocycles. The number of carbonyl (C=O) groups excluding carboxylic acids is 1. The summed E-state index contributed by atoms with van der Waals surface area (Å²) in [5.41, 5.74) is 3.89. The molecule has 5 heteroatoms. The van der Waals surface area contributed by atoms with Crippen LogP contribution in [0.15, 0.2) is 55.0 Å². The lowest BCUT2D eigenvalue weighted by Gasteiger charge is -2.33. The topological polar surface area (TPSA) is 51.0 Å². The van der Waals surface area contributed by atoms with E-state index in [9.17, 15) is 4.79 Å². The minimum Gasteiger partial charge on any atom is -0.338 e. The Kier molecular flexibility index (Phi) is 5.24. The number of hydrogen-bond donors (Lipinski definition) is 0. The van der Waals surface area contributed by atoms with Gasteiger partial charge in [-0.3, -0.25) is 9.78 Å². The zero-order chi connectivity index (χ0) is 19.5. The minimum atomic E-state index is 0.0795. The number of imidazole rings is 1. The van der Waals surface area contributed by atoms with Gasteiger partial charge < -0.3 is 9.47 Å². The highest BCUT2D eigenvalue weighted by atomic mass is 16.2. The summed E-state index contributed by atoms with van der Waals surface area (Å²) in [6.45, 7) is 6.24. The number of carbonyl (C=O) groups is 1.